The van der Waals surface area contributed by atoms with Gasteiger partial charge in [-0.2, -0.15) is 5.10 Å². The van der Waals surface area contributed by atoms with Gasteiger partial charge in [-0.1, -0.05) is 5.16 Å². The van der Waals surface area contributed by atoms with Crippen molar-refractivity contribution in [3.63, 3.8) is 0 Å². The van der Waals surface area contributed by atoms with E-state index in [1.54, 1.807) is 17.7 Å². The summed E-state index contributed by atoms with van der Waals surface area (Å²) >= 11 is 0. The lowest BCUT2D eigenvalue weighted by Gasteiger charge is -2.30. The van der Waals surface area contributed by atoms with Crippen molar-refractivity contribution in [2.75, 3.05) is 20.6 Å². The van der Waals surface area contributed by atoms with Crippen molar-refractivity contribution >= 4 is 5.91 Å². The molecular weight excluding hydrogens is 294 g/mol. The molecule has 7 nitrogen and oxygen atoms in total. The molecule has 3 rings (SSSR count). The van der Waals surface area contributed by atoms with E-state index in [2.05, 4.69) is 29.3 Å². The fourth-order valence-electron chi connectivity index (χ4n) is 3.37. The lowest BCUT2D eigenvalue weighted by Crippen LogP contribution is -2.45. The average molecular weight is 317 g/mol. The second-order valence-corrected chi connectivity index (χ2v) is 6.43. The van der Waals surface area contributed by atoms with Gasteiger partial charge in [0.05, 0.1) is 12.2 Å². The Balaban J connectivity index is 1.84. The Hall–Kier alpha value is -2.15. The number of likely N-dealkylation sites (tertiary alicyclic amines) is 1. The maximum absolute atomic E-state index is 12.8. The lowest BCUT2D eigenvalue weighted by molar-refractivity contribution is 0.0694. The van der Waals surface area contributed by atoms with Crippen LogP contribution in [0, 0.1) is 6.92 Å². The average Bonchev–Trinajstić information content (AvgIpc) is 3.19. The van der Waals surface area contributed by atoms with Crippen molar-refractivity contribution in [3.05, 3.63) is 35.5 Å². The quantitative estimate of drug-likeness (QED) is 0.845. The zero-order chi connectivity index (χ0) is 16.6. The Labute approximate surface area is 135 Å². The molecule has 0 radical (unpaired) electrons. The van der Waals surface area contributed by atoms with E-state index < -0.39 is 0 Å². The van der Waals surface area contributed by atoms with Crippen LogP contribution in [0.15, 0.2) is 23.0 Å². The molecule has 0 spiro atoms. The first kappa shape index (κ1) is 15.7. The van der Waals surface area contributed by atoms with Gasteiger partial charge in [-0.25, -0.2) is 0 Å². The number of likely N-dealkylation sites (N-methyl/N-ethyl adjacent to an activating group) is 1. The van der Waals surface area contributed by atoms with Crippen LogP contribution in [0.1, 0.15) is 28.2 Å². The van der Waals surface area contributed by atoms with Crippen molar-refractivity contribution in [1.29, 1.82) is 0 Å². The number of amides is 1. The number of hydrogen-bond acceptors (Lipinski definition) is 5. The number of nitrogens with zero attached hydrogens (tertiary/aromatic N) is 5. The van der Waals surface area contributed by atoms with Gasteiger partial charge in [-0.15, -0.1) is 0 Å². The number of carbonyl (C=O) groups is 1. The predicted octanol–water partition coefficient (Wildman–Crippen LogP) is 1.10. The molecule has 0 bridgehead atoms. The summed E-state index contributed by atoms with van der Waals surface area (Å²) in [6, 6.07) is 2.14. The predicted molar refractivity (Wildman–Crippen MR) is 85.1 cm³/mol. The third kappa shape index (κ3) is 3.14. The van der Waals surface area contributed by atoms with Crippen LogP contribution >= 0.6 is 0 Å². The lowest BCUT2D eigenvalue weighted by atomic mass is 10.0. The smallest absolute Gasteiger partial charge is 0.276 e. The number of carbonyl (C=O) groups excluding carboxylic acids is 1. The van der Waals surface area contributed by atoms with Crippen molar-refractivity contribution in [3.8, 4) is 0 Å². The molecule has 124 valence electrons. The van der Waals surface area contributed by atoms with Crippen LogP contribution in [-0.4, -0.2) is 63.4 Å². The molecule has 0 N–H and O–H groups in total. The van der Waals surface area contributed by atoms with Gasteiger partial charge in [-0.05, 0) is 39.4 Å². The van der Waals surface area contributed by atoms with Crippen LogP contribution in [0.25, 0.3) is 0 Å². The van der Waals surface area contributed by atoms with E-state index in [4.69, 9.17) is 4.52 Å². The topological polar surface area (TPSA) is 67.4 Å². The van der Waals surface area contributed by atoms with Crippen molar-refractivity contribution in [2.45, 2.75) is 31.8 Å². The fourth-order valence-corrected chi connectivity index (χ4v) is 3.37. The van der Waals surface area contributed by atoms with Gasteiger partial charge >= 0.3 is 0 Å². The van der Waals surface area contributed by atoms with Gasteiger partial charge in [0, 0.05) is 31.9 Å². The van der Waals surface area contributed by atoms with Crippen LogP contribution in [0.2, 0.25) is 0 Å². The molecule has 0 aliphatic carbocycles. The first-order valence-electron chi connectivity index (χ1n) is 7.84. The molecule has 1 amide bonds. The molecule has 2 aromatic rings. The van der Waals surface area contributed by atoms with Crippen LogP contribution in [-0.2, 0) is 13.5 Å². The Morgan fingerprint density at radius 3 is 2.83 bits per heavy atom. The van der Waals surface area contributed by atoms with Crippen LogP contribution in [0.3, 0.4) is 0 Å². The van der Waals surface area contributed by atoms with Crippen molar-refractivity contribution < 1.29 is 9.32 Å². The number of aromatic nitrogens is 3. The van der Waals surface area contributed by atoms with Crippen LogP contribution in [0.4, 0.5) is 0 Å². The van der Waals surface area contributed by atoms with E-state index in [0.717, 1.165) is 24.9 Å². The van der Waals surface area contributed by atoms with E-state index in [0.29, 0.717) is 17.5 Å². The van der Waals surface area contributed by atoms with Gasteiger partial charge in [0.25, 0.3) is 5.91 Å². The first-order valence-corrected chi connectivity index (χ1v) is 7.84. The molecule has 0 saturated carbocycles. The molecular formula is C16H23N5O2. The summed E-state index contributed by atoms with van der Waals surface area (Å²) in [5.74, 6) is 0.598. The van der Waals surface area contributed by atoms with E-state index in [1.807, 2.05) is 24.3 Å². The Morgan fingerprint density at radius 2 is 2.26 bits per heavy atom. The molecule has 1 fully saturated rings. The van der Waals surface area contributed by atoms with Gasteiger partial charge in [0.15, 0.2) is 5.69 Å². The van der Waals surface area contributed by atoms with E-state index in [-0.39, 0.29) is 11.9 Å². The summed E-state index contributed by atoms with van der Waals surface area (Å²) in [4.78, 5) is 16.9. The summed E-state index contributed by atoms with van der Waals surface area (Å²) in [6.07, 6.45) is 5.63. The largest absolute Gasteiger partial charge is 0.361 e. The summed E-state index contributed by atoms with van der Waals surface area (Å²) in [5, 5.41) is 8.11. The van der Waals surface area contributed by atoms with Crippen LogP contribution < -0.4 is 0 Å². The minimum atomic E-state index is -0.0555. The zero-order valence-corrected chi connectivity index (χ0v) is 14.1. The first-order chi connectivity index (χ1) is 11.0. The highest BCUT2D eigenvalue weighted by atomic mass is 16.5. The van der Waals surface area contributed by atoms with Crippen molar-refractivity contribution in [2.24, 2.45) is 7.05 Å². The number of hydrogen-bond donors (Lipinski definition) is 0. The van der Waals surface area contributed by atoms with E-state index in [1.165, 1.54) is 0 Å². The SMILES string of the molecule is Cc1cc(C(=O)N2CC[C@@H](N(C)C)[C@@H]2Cc2cnn(C)c2)no1. The highest BCUT2D eigenvalue weighted by Crippen LogP contribution is 2.26. The fraction of sp³-hybridized carbons (Fsp3) is 0.562. The normalized spacial score (nSPS) is 21.3. The number of rotatable bonds is 4. The van der Waals surface area contributed by atoms with Gasteiger partial charge < -0.3 is 14.3 Å². The summed E-state index contributed by atoms with van der Waals surface area (Å²) < 4.78 is 6.85. The summed E-state index contributed by atoms with van der Waals surface area (Å²) in [6.45, 7) is 2.53. The third-order valence-electron chi connectivity index (χ3n) is 4.48. The maximum Gasteiger partial charge on any atom is 0.276 e. The monoisotopic (exact) mass is 317 g/mol. The minimum absolute atomic E-state index is 0.0555. The minimum Gasteiger partial charge on any atom is -0.361 e. The molecule has 2 atom stereocenters. The Kier molecular flexibility index (Phi) is 4.21. The molecule has 1 saturated heterocycles. The maximum atomic E-state index is 12.8. The van der Waals surface area contributed by atoms with Gasteiger partial charge in [-0.3, -0.25) is 9.48 Å². The molecule has 3 heterocycles. The van der Waals surface area contributed by atoms with Crippen LogP contribution in [0.5, 0.6) is 0 Å². The molecule has 0 unspecified atom stereocenters. The Bertz CT molecular complexity index is 690. The molecule has 1 aliphatic heterocycles. The molecule has 7 heteroatoms. The summed E-state index contributed by atoms with van der Waals surface area (Å²) in [5.41, 5.74) is 1.53. The van der Waals surface area contributed by atoms with Crippen molar-refractivity contribution in [1.82, 2.24) is 24.7 Å². The molecule has 23 heavy (non-hydrogen) atoms. The van der Waals surface area contributed by atoms with Gasteiger partial charge in [0.1, 0.15) is 5.76 Å². The number of aryl methyl sites for hydroxylation is 2. The Morgan fingerprint density at radius 1 is 1.48 bits per heavy atom. The third-order valence-corrected chi connectivity index (χ3v) is 4.48. The highest BCUT2D eigenvalue weighted by molar-refractivity contribution is 5.92. The molecule has 2 aromatic heterocycles. The highest BCUT2D eigenvalue weighted by Gasteiger charge is 2.39. The van der Waals surface area contributed by atoms with E-state index >= 15 is 0 Å². The second kappa shape index (κ2) is 6.16. The molecule has 0 aromatic carbocycles. The van der Waals surface area contributed by atoms with Gasteiger partial charge in [0.2, 0.25) is 0 Å². The zero-order valence-electron chi connectivity index (χ0n) is 14.1. The standard InChI is InChI=1S/C16H23N5O2/c1-11-7-13(18-23-11)16(22)21-6-5-14(19(2)3)15(21)8-12-9-17-20(4)10-12/h7,9-10,14-15H,5-6,8H2,1-4H3/t14-,15+/m1/s1. The summed E-state index contributed by atoms with van der Waals surface area (Å²) in [7, 11) is 6.03. The second-order valence-electron chi connectivity index (χ2n) is 6.43. The molecule has 1 aliphatic rings. The van der Waals surface area contributed by atoms with E-state index in [9.17, 15) is 4.79 Å².